The molecular weight excluding hydrogens is 232 g/mol. The zero-order valence-electron chi connectivity index (χ0n) is 11.7. The molecule has 0 aromatic carbocycles. The number of thiazole rings is 1. The monoisotopic (exact) mass is 256 g/mol. The number of aliphatic hydroxyl groups is 1. The van der Waals surface area contributed by atoms with Crippen LogP contribution in [-0.2, 0) is 0 Å². The van der Waals surface area contributed by atoms with E-state index in [4.69, 9.17) is 0 Å². The van der Waals surface area contributed by atoms with Crippen LogP contribution < -0.4 is 5.32 Å². The van der Waals surface area contributed by atoms with E-state index in [0.717, 1.165) is 10.7 Å². The lowest BCUT2D eigenvalue weighted by Gasteiger charge is -2.29. The highest BCUT2D eigenvalue weighted by Crippen LogP contribution is 2.25. The van der Waals surface area contributed by atoms with Gasteiger partial charge in [-0.3, -0.25) is 0 Å². The minimum Gasteiger partial charge on any atom is -0.389 e. The summed E-state index contributed by atoms with van der Waals surface area (Å²) in [7, 11) is 0. The molecular formula is C13H24N2OS. The van der Waals surface area contributed by atoms with Crippen LogP contribution in [0.1, 0.15) is 49.3 Å². The molecule has 0 aliphatic rings. The Hall–Kier alpha value is -0.450. The topological polar surface area (TPSA) is 45.2 Å². The van der Waals surface area contributed by atoms with Crippen molar-refractivity contribution >= 4 is 11.3 Å². The van der Waals surface area contributed by atoms with E-state index in [1.165, 1.54) is 4.88 Å². The van der Waals surface area contributed by atoms with Crippen molar-refractivity contribution in [3.63, 3.8) is 0 Å². The predicted molar refractivity (Wildman–Crippen MR) is 73.5 cm³/mol. The summed E-state index contributed by atoms with van der Waals surface area (Å²) in [4.78, 5) is 5.69. The second-order valence-corrected chi connectivity index (χ2v) is 6.53. The fraction of sp³-hybridized carbons (Fsp3) is 0.769. The number of nitrogens with zero attached hydrogens (tertiary/aromatic N) is 1. The minimum atomic E-state index is -0.665. The maximum Gasteiger partial charge on any atom is 0.0900 e. The Morgan fingerprint density at radius 2 is 1.94 bits per heavy atom. The Kier molecular flexibility index (Phi) is 4.69. The highest BCUT2D eigenvalue weighted by atomic mass is 32.1. The van der Waals surface area contributed by atoms with E-state index in [2.05, 4.69) is 17.2 Å². The number of aromatic nitrogens is 1. The molecule has 2 unspecified atom stereocenters. The van der Waals surface area contributed by atoms with Crippen LogP contribution in [0.4, 0.5) is 0 Å². The lowest BCUT2D eigenvalue weighted by atomic mass is 9.92. The molecule has 0 aliphatic heterocycles. The number of hydrogen-bond acceptors (Lipinski definition) is 4. The number of nitrogens with one attached hydrogen (secondary N) is 1. The molecule has 1 rings (SSSR count). The molecule has 0 spiro atoms. The normalized spacial score (nSPS) is 17.2. The molecule has 2 atom stereocenters. The molecule has 3 nitrogen and oxygen atoms in total. The van der Waals surface area contributed by atoms with E-state index in [-0.39, 0.29) is 12.0 Å². The van der Waals surface area contributed by atoms with Crippen LogP contribution in [0.25, 0.3) is 0 Å². The van der Waals surface area contributed by atoms with Crippen LogP contribution in [0.5, 0.6) is 0 Å². The van der Waals surface area contributed by atoms with Gasteiger partial charge >= 0.3 is 0 Å². The van der Waals surface area contributed by atoms with Crippen LogP contribution in [0.15, 0.2) is 0 Å². The maximum absolute atomic E-state index is 10.2. The molecule has 0 amide bonds. The first-order chi connectivity index (χ1) is 7.74. The van der Waals surface area contributed by atoms with Crippen molar-refractivity contribution in [3.05, 3.63) is 15.6 Å². The Morgan fingerprint density at radius 3 is 2.35 bits per heavy atom. The molecule has 0 radical (unpaired) electrons. The molecule has 1 aromatic rings. The molecule has 1 aromatic heterocycles. The van der Waals surface area contributed by atoms with E-state index < -0.39 is 5.60 Å². The molecule has 1 heterocycles. The fourth-order valence-corrected chi connectivity index (χ4v) is 2.56. The van der Waals surface area contributed by atoms with Crippen molar-refractivity contribution in [1.29, 1.82) is 0 Å². The van der Waals surface area contributed by atoms with Gasteiger partial charge in [-0.25, -0.2) is 4.98 Å². The summed E-state index contributed by atoms with van der Waals surface area (Å²) in [5.74, 6) is 0.242. The lowest BCUT2D eigenvalue weighted by molar-refractivity contribution is 0.0122. The summed E-state index contributed by atoms with van der Waals surface area (Å²) >= 11 is 1.73. The SMILES string of the molecule is Cc1nc(C)c(C(C)NCC(C)(O)C(C)C)s1. The number of hydrogen-bond donors (Lipinski definition) is 2. The van der Waals surface area contributed by atoms with E-state index in [0.29, 0.717) is 6.54 Å². The first kappa shape index (κ1) is 14.6. The third-order valence-corrected chi connectivity index (χ3v) is 4.60. The van der Waals surface area contributed by atoms with Crippen LogP contribution in [-0.4, -0.2) is 22.2 Å². The van der Waals surface area contributed by atoms with Gasteiger partial charge in [0.15, 0.2) is 0 Å². The molecule has 0 saturated heterocycles. The summed E-state index contributed by atoms with van der Waals surface area (Å²) in [6, 6.07) is 0.242. The van der Waals surface area contributed by atoms with Gasteiger partial charge in [-0.05, 0) is 33.6 Å². The Labute approximate surface area is 108 Å². The van der Waals surface area contributed by atoms with Crippen molar-refractivity contribution in [2.24, 2.45) is 5.92 Å². The van der Waals surface area contributed by atoms with Gasteiger partial charge in [0.05, 0.1) is 16.3 Å². The van der Waals surface area contributed by atoms with Gasteiger partial charge in [0, 0.05) is 17.5 Å². The smallest absolute Gasteiger partial charge is 0.0900 e. The van der Waals surface area contributed by atoms with Gasteiger partial charge in [0.25, 0.3) is 0 Å². The summed E-state index contributed by atoms with van der Waals surface area (Å²) in [6.45, 7) is 12.7. The third-order valence-electron chi connectivity index (χ3n) is 3.34. The van der Waals surface area contributed by atoms with Crippen molar-refractivity contribution in [2.45, 2.75) is 53.2 Å². The van der Waals surface area contributed by atoms with Gasteiger partial charge in [0.1, 0.15) is 0 Å². The Morgan fingerprint density at radius 1 is 1.35 bits per heavy atom. The van der Waals surface area contributed by atoms with Gasteiger partial charge in [-0.1, -0.05) is 13.8 Å². The standard InChI is InChI=1S/C13H24N2OS/c1-8(2)13(6,16)7-14-9(3)12-10(4)15-11(5)17-12/h8-9,14,16H,7H2,1-6H3. The maximum atomic E-state index is 10.2. The quantitative estimate of drug-likeness (QED) is 0.851. The van der Waals surface area contributed by atoms with Crippen LogP contribution in [0.2, 0.25) is 0 Å². The second kappa shape index (κ2) is 5.46. The van der Waals surface area contributed by atoms with E-state index in [1.54, 1.807) is 11.3 Å². The molecule has 0 aliphatic carbocycles. The van der Waals surface area contributed by atoms with Crippen molar-refractivity contribution in [1.82, 2.24) is 10.3 Å². The average molecular weight is 256 g/mol. The molecule has 2 N–H and O–H groups in total. The highest BCUT2D eigenvalue weighted by Gasteiger charge is 2.25. The van der Waals surface area contributed by atoms with Crippen LogP contribution in [0, 0.1) is 19.8 Å². The third kappa shape index (κ3) is 3.76. The summed E-state index contributed by atoms with van der Waals surface area (Å²) in [5, 5.41) is 14.7. The molecule has 0 fully saturated rings. The number of aryl methyl sites for hydroxylation is 2. The van der Waals surface area contributed by atoms with Crippen LogP contribution in [0.3, 0.4) is 0 Å². The molecule has 0 saturated carbocycles. The van der Waals surface area contributed by atoms with Crippen LogP contribution >= 0.6 is 11.3 Å². The molecule has 17 heavy (non-hydrogen) atoms. The largest absolute Gasteiger partial charge is 0.389 e. The molecule has 0 bridgehead atoms. The minimum absolute atomic E-state index is 0.242. The second-order valence-electron chi connectivity index (χ2n) is 5.30. The first-order valence-electron chi connectivity index (χ1n) is 6.13. The zero-order chi connectivity index (χ0) is 13.2. The molecule has 98 valence electrons. The van der Waals surface area contributed by atoms with Gasteiger partial charge in [-0.15, -0.1) is 11.3 Å². The average Bonchev–Trinajstić information content (AvgIpc) is 2.54. The number of rotatable bonds is 5. The van der Waals surface area contributed by atoms with Gasteiger partial charge in [-0.2, -0.15) is 0 Å². The summed E-state index contributed by atoms with van der Waals surface area (Å²) in [6.07, 6.45) is 0. The predicted octanol–water partition coefficient (Wildman–Crippen LogP) is 2.82. The highest BCUT2D eigenvalue weighted by molar-refractivity contribution is 7.11. The Balaban J connectivity index is 2.62. The zero-order valence-corrected chi connectivity index (χ0v) is 12.5. The van der Waals surface area contributed by atoms with Gasteiger partial charge < -0.3 is 10.4 Å². The fourth-order valence-electron chi connectivity index (χ4n) is 1.61. The van der Waals surface area contributed by atoms with Crippen molar-refractivity contribution < 1.29 is 5.11 Å². The molecule has 4 heteroatoms. The van der Waals surface area contributed by atoms with E-state index in [1.807, 2.05) is 34.6 Å². The van der Waals surface area contributed by atoms with Crippen molar-refractivity contribution in [3.8, 4) is 0 Å². The first-order valence-corrected chi connectivity index (χ1v) is 6.95. The Bertz CT molecular complexity index is 371. The lowest BCUT2D eigenvalue weighted by Crippen LogP contribution is -2.42. The van der Waals surface area contributed by atoms with E-state index >= 15 is 0 Å². The van der Waals surface area contributed by atoms with E-state index in [9.17, 15) is 5.11 Å². The summed E-state index contributed by atoms with van der Waals surface area (Å²) < 4.78 is 0. The van der Waals surface area contributed by atoms with Gasteiger partial charge in [0.2, 0.25) is 0 Å². The summed E-state index contributed by atoms with van der Waals surface area (Å²) in [5.41, 5.74) is 0.429. The van der Waals surface area contributed by atoms with Crippen molar-refractivity contribution in [2.75, 3.05) is 6.54 Å².